The van der Waals surface area contributed by atoms with Crippen molar-refractivity contribution in [1.29, 1.82) is 0 Å². The fourth-order valence-electron chi connectivity index (χ4n) is 1.06. The lowest BCUT2D eigenvalue weighted by Gasteiger charge is -2.09. The molecule has 0 aliphatic rings. The van der Waals surface area contributed by atoms with Crippen molar-refractivity contribution >= 4 is 21.7 Å². The Morgan fingerprint density at radius 3 is 2.86 bits per heavy atom. The summed E-state index contributed by atoms with van der Waals surface area (Å²) in [5, 5.41) is 3.29. The molecule has 0 saturated heterocycles. The van der Waals surface area contributed by atoms with E-state index in [-0.39, 0.29) is 0 Å². The number of hydrogen-bond donors (Lipinski definition) is 1. The lowest BCUT2D eigenvalue weighted by Crippen LogP contribution is -2.07. The molecule has 0 aliphatic heterocycles. The van der Waals surface area contributed by atoms with Gasteiger partial charge in [0.15, 0.2) is 0 Å². The number of nitrogens with zero attached hydrogens (tertiary/aromatic N) is 2. The Bertz CT molecular complexity index is 299. The monoisotopic (exact) mass is 257 g/mol. The third-order valence-corrected chi connectivity index (χ3v) is 2.46. The first-order valence-corrected chi connectivity index (χ1v) is 5.62. The number of hydrogen-bond acceptors (Lipinski definition) is 3. The maximum Gasteiger partial charge on any atom is 0.144 e. The van der Waals surface area contributed by atoms with Gasteiger partial charge in [0, 0.05) is 12.7 Å². The quantitative estimate of drug-likeness (QED) is 0.902. The van der Waals surface area contributed by atoms with Gasteiger partial charge in [0.25, 0.3) is 0 Å². The third-order valence-electron chi connectivity index (χ3n) is 1.88. The molecule has 4 heteroatoms. The van der Waals surface area contributed by atoms with Gasteiger partial charge in [-0.05, 0) is 35.2 Å². The van der Waals surface area contributed by atoms with Crippen molar-refractivity contribution in [2.75, 3.05) is 11.9 Å². The Kier molecular flexibility index (Phi) is 4.32. The highest BCUT2D eigenvalue weighted by Gasteiger charge is 2.02. The molecule has 3 nitrogen and oxygen atoms in total. The predicted molar refractivity (Wildman–Crippen MR) is 62.4 cm³/mol. The van der Waals surface area contributed by atoms with Gasteiger partial charge >= 0.3 is 0 Å². The molecule has 0 aromatic carbocycles. The number of anilines is 1. The van der Waals surface area contributed by atoms with Gasteiger partial charge in [0.1, 0.15) is 11.6 Å². The van der Waals surface area contributed by atoms with Crippen LogP contribution in [0, 0.1) is 12.8 Å². The molecule has 0 saturated carbocycles. The number of rotatable bonds is 4. The Hall–Kier alpha value is -0.640. The lowest BCUT2D eigenvalue weighted by atomic mass is 10.1. The predicted octanol–water partition coefficient (Wildman–Crippen LogP) is 3.01. The summed E-state index contributed by atoms with van der Waals surface area (Å²) >= 11 is 3.41. The van der Waals surface area contributed by atoms with Crippen molar-refractivity contribution in [3.8, 4) is 0 Å². The fraction of sp³-hybridized carbons (Fsp3) is 0.600. The summed E-state index contributed by atoms with van der Waals surface area (Å²) in [6.45, 7) is 7.26. The number of aryl methyl sites for hydroxylation is 1. The van der Waals surface area contributed by atoms with E-state index >= 15 is 0 Å². The van der Waals surface area contributed by atoms with E-state index < -0.39 is 0 Å². The smallest absolute Gasteiger partial charge is 0.144 e. The molecule has 0 bridgehead atoms. The van der Waals surface area contributed by atoms with E-state index in [9.17, 15) is 0 Å². The van der Waals surface area contributed by atoms with Gasteiger partial charge in [0.05, 0.1) is 4.47 Å². The molecule has 1 aromatic rings. The van der Waals surface area contributed by atoms with Crippen molar-refractivity contribution in [2.45, 2.75) is 27.2 Å². The number of halogens is 1. The second-order valence-corrected chi connectivity index (χ2v) is 4.58. The molecule has 0 atom stereocenters. The molecule has 0 amide bonds. The van der Waals surface area contributed by atoms with E-state index in [1.807, 2.05) is 6.92 Å². The van der Waals surface area contributed by atoms with Crippen molar-refractivity contribution in [1.82, 2.24) is 9.97 Å². The minimum Gasteiger partial charge on any atom is -0.369 e. The summed E-state index contributed by atoms with van der Waals surface area (Å²) in [6, 6.07) is 0. The Balaban J connectivity index is 2.53. The topological polar surface area (TPSA) is 37.8 Å². The normalized spacial score (nSPS) is 10.6. The Labute approximate surface area is 93.5 Å². The average Bonchev–Trinajstić information content (AvgIpc) is 2.10. The van der Waals surface area contributed by atoms with Crippen LogP contribution in [0.2, 0.25) is 0 Å². The highest BCUT2D eigenvalue weighted by atomic mass is 79.9. The summed E-state index contributed by atoms with van der Waals surface area (Å²) in [5.41, 5.74) is 0. The molecule has 1 heterocycles. The van der Waals surface area contributed by atoms with Crippen LogP contribution in [0.15, 0.2) is 10.7 Å². The first-order chi connectivity index (χ1) is 6.59. The van der Waals surface area contributed by atoms with Crippen molar-refractivity contribution in [3.63, 3.8) is 0 Å². The van der Waals surface area contributed by atoms with E-state index in [4.69, 9.17) is 0 Å². The van der Waals surface area contributed by atoms with Gasteiger partial charge in [0.2, 0.25) is 0 Å². The minimum atomic E-state index is 0.712. The molecule has 1 rings (SSSR count). The van der Waals surface area contributed by atoms with E-state index in [1.54, 1.807) is 6.20 Å². The van der Waals surface area contributed by atoms with Crippen LogP contribution in [0.1, 0.15) is 26.1 Å². The second kappa shape index (κ2) is 5.29. The largest absolute Gasteiger partial charge is 0.369 e. The summed E-state index contributed by atoms with van der Waals surface area (Å²) in [5.74, 6) is 2.39. The third kappa shape index (κ3) is 3.62. The van der Waals surface area contributed by atoms with Crippen LogP contribution >= 0.6 is 15.9 Å². The van der Waals surface area contributed by atoms with Crippen molar-refractivity contribution in [2.24, 2.45) is 5.92 Å². The van der Waals surface area contributed by atoms with Crippen LogP contribution in [0.5, 0.6) is 0 Å². The SMILES string of the molecule is Cc1ncc(Br)c(NCCC(C)C)n1. The van der Waals surface area contributed by atoms with Gasteiger partial charge in [-0.3, -0.25) is 0 Å². The fourth-order valence-corrected chi connectivity index (χ4v) is 1.39. The average molecular weight is 258 g/mol. The first kappa shape index (κ1) is 11.4. The highest BCUT2D eigenvalue weighted by molar-refractivity contribution is 9.10. The van der Waals surface area contributed by atoms with Crippen LogP contribution in [0.4, 0.5) is 5.82 Å². The molecule has 0 radical (unpaired) electrons. The van der Waals surface area contributed by atoms with E-state index in [1.165, 1.54) is 0 Å². The summed E-state index contributed by atoms with van der Waals surface area (Å²) < 4.78 is 0.923. The molecular weight excluding hydrogens is 242 g/mol. The molecule has 0 aliphatic carbocycles. The highest BCUT2D eigenvalue weighted by Crippen LogP contribution is 2.18. The summed E-state index contributed by atoms with van der Waals surface area (Å²) in [6.07, 6.45) is 2.93. The number of aromatic nitrogens is 2. The van der Waals surface area contributed by atoms with Crippen LogP contribution in [-0.4, -0.2) is 16.5 Å². The molecular formula is C10H16BrN3. The van der Waals surface area contributed by atoms with Crippen LogP contribution < -0.4 is 5.32 Å². The summed E-state index contributed by atoms with van der Waals surface area (Å²) in [4.78, 5) is 8.39. The number of nitrogens with one attached hydrogen (secondary N) is 1. The van der Waals surface area contributed by atoms with Gasteiger partial charge in [-0.2, -0.15) is 0 Å². The molecule has 78 valence electrons. The van der Waals surface area contributed by atoms with E-state index in [2.05, 4.69) is 45.1 Å². The maximum atomic E-state index is 4.30. The zero-order valence-corrected chi connectivity index (χ0v) is 10.4. The lowest BCUT2D eigenvalue weighted by molar-refractivity contribution is 0.606. The van der Waals surface area contributed by atoms with Crippen LogP contribution in [0.3, 0.4) is 0 Å². The summed E-state index contributed by atoms with van der Waals surface area (Å²) in [7, 11) is 0. The van der Waals surface area contributed by atoms with Crippen molar-refractivity contribution in [3.05, 3.63) is 16.5 Å². The van der Waals surface area contributed by atoms with E-state index in [0.29, 0.717) is 5.92 Å². The zero-order chi connectivity index (χ0) is 10.6. The maximum absolute atomic E-state index is 4.30. The van der Waals surface area contributed by atoms with Crippen molar-refractivity contribution < 1.29 is 0 Å². The zero-order valence-electron chi connectivity index (χ0n) is 8.84. The van der Waals surface area contributed by atoms with Gasteiger partial charge in [-0.15, -0.1) is 0 Å². The first-order valence-electron chi connectivity index (χ1n) is 4.82. The Morgan fingerprint density at radius 2 is 2.21 bits per heavy atom. The van der Waals surface area contributed by atoms with Gasteiger partial charge < -0.3 is 5.32 Å². The molecule has 0 unspecified atom stereocenters. The van der Waals surface area contributed by atoms with Crippen LogP contribution in [-0.2, 0) is 0 Å². The minimum absolute atomic E-state index is 0.712. The molecule has 1 aromatic heterocycles. The second-order valence-electron chi connectivity index (χ2n) is 3.72. The standard InChI is InChI=1S/C10H16BrN3/c1-7(2)4-5-12-10-9(11)6-13-8(3)14-10/h6-7H,4-5H2,1-3H3,(H,12,13,14). The van der Waals surface area contributed by atoms with E-state index in [0.717, 1.165) is 29.1 Å². The molecule has 0 fully saturated rings. The van der Waals surface area contributed by atoms with Gasteiger partial charge in [-0.25, -0.2) is 9.97 Å². The molecule has 14 heavy (non-hydrogen) atoms. The van der Waals surface area contributed by atoms with Gasteiger partial charge in [-0.1, -0.05) is 13.8 Å². The van der Waals surface area contributed by atoms with Crippen LogP contribution in [0.25, 0.3) is 0 Å². The Morgan fingerprint density at radius 1 is 1.50 bits per heavy atom. The molecule has 1 N–H and O–H groups in total. The molecule has 0 spiro atoms.